The Bertz CT molecular complexity index is 1350. The highest BCUT2D eigenvalue weighted by atomic mass is 16.1. The van der Waals surface area contributed by atoms with Crippen LogP contribution in [0.15, 0.2) is 60.7 Å². The van der Waals surface area contributed by atoms with Crippen molar-refractivity contribution < 1.29 is 4.79 Å². The molecule has 1 N–H and O–H groups in total. The number of aryl methyl sites for hydroxylation is 3. The van der Waals surface area contributed by atoms with Crippen LogP contribution in [-0.2, 0) is 6.42 Å². The topological polar surface area (TPSA) is 63.1 Å². The van der Waals surface area contributed by atoms with Crippen LogP contribution in [0, 0.1) is 26.7 Å². The highest BCUT2D eigenvalue weighted by Crippen LogP contribution is 2.25. The summed E-state index contributed by atoms with van der Waals surface area (Å²) in [5.41, 5.74) is 6.59. The lowest BCUT2D eigenvalue weighted by Gasteiger charge is -2.32. The van der Waals surface area contributed by atoms with Gasteiger partial charge in [-0.25, -0.2) is 9.67 Å². The third kappa shape index (κ3) is 5.91. The summed E-state index contributed by atoms with van der Waals surface area (Å²) in [5.74, 6) is 0.725. The molecule has 6 nitrogen and oxygen atoms in total. The van der Waals surface area contributed by atoms with E-state index in [-0.39, 0.29) is 5.91 Å². The van der Waals surface area contributed by atoms with Crippen LogP contribution in [0.3, 0.4) is 0 Å². The molecule has 0 saturated carbocycles. The molecule has 37 heavy (non-hydrogen) atoms. The zero-order chi connectivity index (χ0) is 25.8. The Morgan fingerprint density at radius 1 is 1.00 bits per heavy atom. The van der Waals surface area contributed by atoms with E-state index in [9.17, 15) is 4.79 Å². The van der Waals surface area contributed by atoms with E-state index >= 15 is 0 Å². The number of amides is 1. The van der Waals surface area contributed by atoms with Gasteiger partial charge < -0.3 is 10.2 Å². The highest BCUT2D eigenvalue weighted by molar-refractivity contribution is 6.06. The predicted octanol–water partition coefficient (Wildman–Crippen LogP) is 5.42. The van der Waals surface area contributed by atoms with Gasteiger partial charge in [-0.3, -0.25) is 4.79 Å². The Labute approximate surface area is 219 Å². The maximum atomic E-state index is 13.2. The third-order valence-corrected chi connectivity index (χ3v) is 7.48. The van der Waals surface area contributed by atoms with Gasteiger partial charge in [-0.1, -0.05) is 48.0 Å². The van der Waals surface area contributed by atoms with E-state index in [1.54, 1.807) is 0 Å². The molecule has 0 atom stereocenters. The molecule has 0 aliphatic carbocycles. The van der Waals surface area contributed by atoms with Gasteiger partial charge in [0.25, 0.3) is 5.91 Å². The number of nitrogens with one attached hydrogen (secondary N) is 1. The Hall–Kier alpha value is -3.51. The van der Waals surface area contributed by atoms with E-state index in [2.05, 4.69) is 59.6 Å². The number of nitrogens with zero attached hydrogens (tertiary/aromatic N) is 4. The van der Waals surface area contributed by atoms with Crippen LogP contribution in [-0.4, -0.2) is 51.8 Å². The van der Waals surface area contributed by atoms with Crippen molar-refractivity contribution in [2.45, 2.75) is 46.5 Å². The average molecular weight is 496 g/mol. The molecule has 2 aromatic heterocycles. The standard InChI is InChI=1S/C31H37N5O/c1-22-10-12-27(13-11-22)36-30-29(24(3)34-36)28(20-23(2)33-30)31(37)32-16-7-17-35-18-14-26(15-19-35)21-25-8-5-4-6-9-25/h4-6,8-13,20,26H,7,14-19,21H2,1-3H3,(H,32,37). The van der Waals surface area contributed by atoms with Crippen molar-refractivity contribution >= 4 is 16.9 Å². The smallest absolute Gasteiger partial charge is 0.252 e. The van der Waals surface area contributed by atoms with Gasteiger partial charge in [-0.2, -0.15) is 5.10 Å². The lowest BCUT2D eigenvalue weighted by Crippen LogP contribution is -2.36. The van der Waals surface area contributed by atoms with Gasteiger partial charge in [0.2, 0.25) is 0 Å². The average Bonchev–Trinajstić information content (AvgIpc) is 3.24. The molecule has 1 fully saturated rings. The van der Waals surface area contributed by atoms with Crippen LogP contribution in [0.4, 0.5) is 0 Å². The number of aromatic nitrogens is 3. The first-order valence-corrected chi connectivity index (χ1v) is 13.5. The summed E-state index contributed by atoms with van der Waals surface area (Å²) in [5, 5.41) is 8.71. The van der Waals surface area contributed by atoms with E-state index in [1.165, 1.54) is 30.4 Å². The maximum Gasteiger partial charge on any atom is 0.252 e. The lowest BCUT2D eigenvalue weighted by molar-refractivity contribution is 0.0952. The molecular weight excluding hydrogens is 458 g/mol. The molecule has 4 aromatic rings. The molecular formula is C31H37N5O. The molecule has 0 radical (unpaired) electrons. The number of carbonyl (C=O) groups is 1. The van der Waals surface area contributed by atoms with Gasteiger partial charge in [-0.15, -0.1) is 0 Å². The molecule has 192 valence electrons. The Morgan fingerprint density at radius 2 is 1.73 bits per heavy atom. The fourth-order valence-electron chi connectivity index (χ4n) is 5.42. The molecule has 1 aliphatic heterocycles. The number of piperidine rings is 1. The van der Waals surface area contributed by atoms with E-state index < -0.39 is 0 Å². The summed E-state index contributed by atoms with van der Waals surface area (Å²) in [6.45, 7) is 9.92. The third-order valence-electron chi connectivity index (χ3n) is 7.48. The quantitative estimate of drug-likeness (QED) is 0.332. The van der Waals surface area contributed by atoms with Gasteiger partial charge in [0.1, 0.15) is 0 Å². The summed E-state index contributed by atoms with van der Waals surface area (Å²) in [7, 11) is 0. The number of hydrogen-bond donors (Lipinski definition) is 1. The molecule has 1 aliphatic rings. The fourth-order valence-corrected chi connectivity index (χ4v) is 5.42. The predicted molar refractivity (Wildman–Crippen MR) is 149 cm³/mol. The molecule has 3 heterocycles. The second kappa shape index (κ2) is 11.3. The van der Waals surface area contributed by atoms with Gasteiger partial charge in [0.15, 0.2) is 5.65 Å². The number of hydrogen-bond acceptors (Lipinski definition) is 4. The van der Waals surface area contributed by atoms with Crippen molar-refractivity contribution in [3.63, 3.8) is 0 Å². The van der Waals surface area contributed by atoms with Gasteiger partial charge in [0, 0.05) is 12.2 Å². The summed E-state index contributed by atoms with van der Waals surface area (Å²) in [6.07, 6.45) is 4.63. The number of likely N-dealkylation sites (tertiary alicyclic amines) is 1. The molecule has 0 bridgehead atoms. The van der Waals surface area contributed by atoms with Crippen molar-refractivity contribution in [1.82, 2.24) is 25.0 Å². The molecule has 2 aromatic carbocycles. The van der Waals surface area contributed by atoms with Crippen molar-refractivity contribution in [3.05, 3.63) is 88.7 Å². The van der Waals surface area contributed by atoms with Crippen molar-refractivity contribution in [3.8, 4) is 5.69 Å². The van der Waals surface area contributed by atoms with E-state index in [1.807, 2.05) is 36.7 Å². The summed E-state index contributed by atoms with van der Waals surface area (Å²) >= 11 is 0. The molecule has 6 heteroatoms. The maximum absolute atomic E-state index is 13.2. The second-order valence-corrected chi connectivity index (χ2v) is 10.4. The zero-order valence-electron chi connectivity index (χ0n) is 22.2. The lowest BCUT2D eigenvalue weighted by atomic mass is 9.90. The molecule has 1 amide bonds. The first kappa shape index (κ1) is 25.2. The van der Waals surface area contributed by atoms with Gasteiger partial charge in [0.05, 0.1) is 22.3 Å². The largest absolute Gasteiger partial charge is 0.352 e. The number of rotatable bonds is 8. The van der Waals surface area contributed by atoms with Crippen LogP contribution < -0.4 is 5.32 Å². The highest BCUT2D eigenvalue weighted by Gasteiger charge is 2.21. The van der Waals surface area contributed by atoms with Crippen LogP contribution in [0.2, 0.25) is 0 Å². The van der Waals surface area contributed by atoms with Gasteiger partial charge >= 0.3 is 0 Å². The van der Waals surface area contributed by atoms with Crippen LogP contribution in [0.1, 0.15) is 52.1 Å². The minimum atomic E-state index is -0.0522. The van der Waals surface area contributed by atoms with E-state index in [0.29, 0.717) is 12.1 Å². The molecule has 1 saturated heterocycles. The fraction of sp³-hybridized carbons (Fsp3) is 0.387. The number of benzene rings is 2. The molecule has 5 rings (SSSR count). The molecule has 0 unspecified atom stereocenters. The summed E-state index contributed by atoms with van der Waals surface area (Å²) < 4.78 is 1.84. The van der Waals surface area contributed by atoms with Crippen LogP contribution in [0.25, 0.3) is 16.7 Å². The summed E-state index contributed by atoms with van der Waals surface area (Å²) in [4.78, 5) is 20.5. The van der Waals surface area contributed by atoms with Crippen LogP contribution >= 0.6 is 0 Å². The Kier molecular flexibility index (Phi) is 7.65. The monoisotopic (exact) mass is 495 g/mol. The Balaban J connectivity index is 1.16. The van der Waals surface area contributed by atoms with Crippen molar-refractivity contribution in [2.24, 2.45) is 5.92 Å². The minimum absolute atomic E-state index is 0.0522. The first-order chi connectivity index (χ1) is 18.0. The minimum Gasteiger partial charge on any atom is -0.352 e. The summed E-state index contributed by atoms with van der Waals surface area (Å²) in [6, 6.07) is 20.9. The van der Waals surface area contributed by atoms with E-state index in [0.717, 1.165) is 60.1 Å². The second-order valence-electron chi connectivity index (χ2n) is 10.4. The normalized spacial score (nSPS) is 14.8. The number of pyridine rings is 1. The van der Waals surface area contributed by atoms with Crippen LogP contribution in [0.5, 0.6) is 0 Å². The number of fused-ring (bicyclic) bond motifs is 1. The van der Waals surface area contributed by atoms with Crippen molar-refractivity contribution in [2.75, 3.05) is 26.2 Å². The Morgan fingerprint density at radius 3 is 2.46 bits per heavy atom. The van der Waals surface area contributed by atoms with E-state index in [4.69, 9.17) is 10.1 Å². The van der Waals surface area contributed by atoms with Crippen molar-refractivity contribution in [1.29, 1.82) is 0 Å². The zero-order valence-corrected chi connectivity index (χ0v) is 22.2. The van der Waals surface area contributed by atoms with Gasteiger partial charge in [-0.05, 0) is 95.8 Å². The molecule has 0 spiro atoms. The number of carbonyl (C=O) groups excluding carboxylic acids is 1. The SMILES string of the molecule is Cc1ccc(-n2nc(C)c3c(C(=O)NCCCN4CCC(Cc5ccccc5)CC4)cc(C)nc32)cc1. The first-order valence-electron chi connectivity index (χ1n) is 13.5.